The summed E-state index contributed by atoms with van der Waals surface area (Å²) in [5.74, 6) is 5.06. The molecule has 74 valence electrons. The molecular weight excluding hydrogens is 244 g/mol. The molecule has 12 heavy (non-hydrogen) atoms. The molecule has 0 spiro atoms. The van der Waals surface area contributed by atoms with E-state index in [1.54, 1.807) is 0 Å². The molecule has 0 atom stereocenters. The van der Waals surface area contributed by atoms with Gasteiger partial charge in [0.1, 0.15) is 0 Å². The fourth-order valence-electron chi connectivity index (χ4n) is 0.504. The molecule has 0 aliphatic carbocycles. The van der Waals surface area contributed by atoms with Crippen LogP contribution in [0.2, 0.25) is 0 Å². The molecule has 2 N–H and O–H groups in total. The maximum atomic E-state index is 5.32. The van der Waals surface area contributed by atoms with Crippen LogP contribution in [0.1, 0.15) is 26.7 Å². The summed E-state index contributed by atoms with van der Waals surface area (Å²) in [4.78, 5) is 0. The average Bonchev–Trinajstić information content (AvgIpc) is 2.11. The van der Waals surface area contributed by atoms with Crippen molar-refractivity contribution < 1.29 is 13.7 Å². The van der Waals surface area contributed by atoms with Gasteiger partial charge in [0.2, 0.25) is 0 Å². The Hall–Kier alpha value is 0.789. The molecule has 0 aliphatic rings. The van der Waals surface area contributed by atoms with Gasteiger partial charge in [-0.1, -0.05) is 0 Å². The van der Waals surface area contributed by atoms with Gasteiger partial charge in [0.05, 0.1) is 0 Å². The first-order valence-electron chi connectivity index (χ1n) is 3.96. The van der Waals surface area contributed by atoms with Gasteiger partial charge in [-0.2, -0.15) is 0 Å². The molecule has 0 fully saturated rings. The van der Waals surface area contributed by atoms with E-state index in [0.717, 1.165) is 12.8 Å². The Balaban J connectivity index is 3.79. The van der Waals surface area contributed by atoms with Crippen molar-refractivity contribution in [2.45, 2.75) is 26.7 Å². The third-order valence-corrected chi connectivity index (χ3v) is 4.16. The van der Waals surface area contributed by atoms with Crippen molar-refractivity contribution in [2.75, 3.05) is 13.2 Å². The first-order chi connectivity index (χ1) is 5.68. The Bertz CT molecular complexity index is 144. The predicted molar refractivity (Wildman–Crippen MR) is 50.4 cm³/mol. The summed E-state index contributed by atoms with van der Waals surface area (Å²) >= 11 is 2.73. The second-order valence-electron chi connectivity index (χ2n) is 2.22. The van der Waals surface area contributed by atoms with Crippen molar-refractivity contribution in [3.8, 4) is 0 Å². The number of hydrogen-bond donors (Lipinski definition) is 1. The summed E-state index contributed by atoms with van der Waals surface area (Å²) in [6.07, 6.45) is -0.493. The van der Waals surface area contributed by atoms with Gasteiger partial charge in [-0.3, -0.25) is 0 Å². The number of hydrogen-bond acceptors (Lipinski definition) is 4. The Morgan fingerprint density at radius 2 is 1.58 bits per heavy atom. The Morgan fingerprint density at radius 1 is 1.17 bits per heavy atom. The van der Waals surface area contributed by atoms with Gasteiger partial charge in [0.25, 0.3) is 0 Å². The molecule has 0 amide bonds. The summed E-state index contributed by atoms with van der Waals surface area (Å²) in [7, 11) is 0. The molecule has 0 unspecified atom stereocenters. The normalized spacial score (nSPS) is 11.9. The molecule has 0 heterocycles. The average molecular weight is 260 g/mol. The van der Waals surface area contributed by atoms with Crippen LogP contribution in [-0.4, -0.2) is 28.3 Å². The molecule has 4 nitrogen and oxygen atoms in total. The minimum absolute atomic E-state index is 0.599. The van der Waals surface area contributed by atoms with Crippen molar-refractivity contribution in [3.63, 3.8) is 0 Å². The molecule has 0 aliphatic heterocycles. The molecule has 0 saturated heterocycles. The molecule has 0 aromatic rings. The molecule has 0 bridgehead atoms. The van der Waals surface area contributed by atoms with Crippen LogP contribution in [0.25, 0.3) is 0 Å². The third kappa shape index (κ3) is 5.44. The van der Waals surface area contributed by atoms with E-state index in [2.05, 4.69) is 19.7 Å². The standard InChI is InChI=1S/C6H16NO3PSe/c1-3-5-8-11(12,10-7)9-6-4-2/h3-7H2,1-2H3. The monoisotopic (exact) mass is 261 g/mol. The Kier molecular flexibility index (Phi) is 7.69. The second kappa shape index (κ2) is 7.22. The Labute approximate surface area is 81.2 Å². The van der Waals surface area contributed by atoms with Gasteiger partial charge in [0, 0.05) is 0 Å². The first-order valence-corrected chi connectivity index (χ1v) is 7.72. The summed E-state index contributed by atoms with van der Waals surface area (Å²) < 4.78 is 15.3. The summed E-state index contributed by atoms with van der Waals surface area (Å²) in [5.41, 5.74) is 0. The van der Waals surface area contributed by atoms with Gasteiger partial charge in [-0.05, 0) is 0 Å². The second-order valence-corrected chi connectivity index (χ2v) is 6.66. The van der Waals surface area contributed by atoms with Crippen LogP contribution in [0.4, 0.5) is 0 Å². The molecule has 0 radical (unpaired) electrons. The minimum atomic E-state index is -2.33. The molecule has 0 aromatic heterocycles. The van der Waals surface area contributed by atoms with E-state index >= 15 is 0 Å². The predicted octanol–water partition coefficient (Wildman–Crippen LogP) is 1.58. The summed E-state index contributed by atoms with van der Waals surface area (Å²) in [6, 6.07) is 0. The van der Waals surface area contributed by atoms with E-state index in [0.29, 0.717) is 13.2 Å². The van der Waals surface area contributed by atoms with E-state index in [9.17, 15) is 0 Å². The van der Waals surface area contributed by atoms with Crippen LogP contribution < -0.4 is 5.90 Å². The van der Waals surface area contributed by atoms with Gasteiger partial charge in [0.15, 0.2) is 0 Å². The molecule has 0 aromatic carbocycles. The zero-order valence-electron chi connectivity index (χ0n) is 7.49. The van der Waals surface area contributed by atoms with E-state index in [1.165, 1.54) is 0 Å². The maximum absolute atomic E-state index is 5.32. The van der Waals surface area contributed by atoms with Gasteiger partial charge >= 0.3 is 80.8 Å². The Morgan fingerprint density at radius 3 is 1.83 bits per heavy atom. The number of nitrogens with two attached hydrogens (primary N) is 1. The third-order valence-electron chi connectivity index (χ3n) is 1.04. The van der Waals surface area contributed by atoms with Gasteiger partial charge in [-0.25, -0.2) is 0 Å². The fourth-order valence-corrected chi connectivity index (χ4v) is 2.45. The topological polar surface area (TPSA) is 53.7 Å². The fraction of sp³-hybridized carbons (Fsp3) is 1.00. The summed E-state index contributed by atoms with van der Waals surface area (Å²) in [6.45, 7) is 5.23. The van der Waals surface area contributed by atoms with Crippen LogP contribution in [0.3, 0.4) is 0 Å². The molecule has 0 rings (SSSR count). The number of rotatable bonds is 7. The van der Waals surface area contributed by atoms with Crippen LogP contribution >= 0.6 is 6.19 Å². The van der Waals surface area contributed by atoms with E-state index in [-0.39, 0.29) is 0 Å². The molecule has 0 saturated carbocycles. The van der Waals surface area contributed by atoms with Crippen LogP contribution in [0.15, 0.2) is 0 Å². The molecular formula is C6H16NO3PSe. The van der Waals surface area contributed by atoms with Crippen molar-refractivity contribution in [3.05, 3.63) is 0 Å². The van der Waals surface area contributed by atoms with Gasteiger partial charge in [-0.15, -0.1) is 0 Å². The zero-order chi connectivity index (χ0) is 9.45. The van der Waals surface area contributed by atoms with Crippen molar-refractivity contribution >= 4 is 21.3 Å². The van der Waals surface area contributed by atoms with Gasteiger partial charge < -0.3 is 0 Å². The van der Waals surface area contributed by atoms with Crippen molar-refractivity contribution in [1.29, 1.82) is 0 Å². The van der Waals surface area contributed by atoms with Crippen LogP contribution in [0, 0.1) is 0 Å². The summed E-state index contributed by atoms with van der Waals surface area (Å²) in [5, 5.41) is 0. The first kappa shape index (κ1) is 12.8. The van der Waals surface area contributed by atoms with Crippen LogP contribution in [0.5, 0.6) is 0 Å². The zero-order valence-corrected chi connectivity index (χ0v) is 10.1. The van der Waals surface area contributed by atoms with Crippen molar-refractivity contribution in [2.24, 2.45) is 5.90 Å². The quantitative estimate of drug-likeness (QED) is 0.429. The van der Waals surface area contributed by atoms with E-state index in [1.807, 2.05) is 13.8 Å². The van der Waals surface area contributed by atoms with Crippen molar-refractivity contribution in [1.82, 2.24) is 0 Å². The van der Waals surface area contributed by atoms with Crippen LogP contribution in [-0.2, 0) is 13.7 Å². The van der Waals surface area contributed by atoms with E-state index < -0.39 is 6.19 Å². The SMILES string of the molecule is CCCOP(=[Se])(ON)OCCC. The van der Waals surface area contributed by atoms with E-state index in [4.69, 9.17) is 14.9 Å². The molecule has 6 heteroatoms.